The van der Waals surface area contributed by atoms with Crippen LogP contribution < -0.4 is 15.0 Å². The molecular formula is C19H18Cl2N2O3. The summed E-state index contributed by atoms with van der Waals surface area (Å²) in [5.41, 5.74) is 0.810. The number of fused-ring (bicyclic) bond motifs is 1. The van der Waals surface area contributed by atoms with Gasteiger partial charge in [0.25, 0.3) is 5.91 Å². The van der Waals surface area contributed by atoms with Crippen LogP contribution in [0.25, 0.3) is 0 Å². The summed E-state index contributed by atoms with van der Waals surface area (Å²) in [6.45, 7) is 3.96. The second kappa shape index (κ2) is 6.82. The Hall–Kier alpha value is -2.24. The predicted molar refractivity (Wildman–Crippen MR) is 104 cm³/mol. The minimum Gasteiger partial charge on any atom is -0.490 e. The van der Waals surface area contributed by atoms with E-state index >= 15 is 0 Å². The molecule has 0 unspecified atom stereocenters. The predicted octanol–water partition coefficient (Wildman–Crippen LogP) is 4.63. The number of carbonyl (C=O) groups is 2. The molecule has 0 aliphatic carbocycles. The van der Waals surface area contributed by atoms with Gasteiger partial charge in [0.15, 0.2) is 0 Å². The highest BCUT2D eigenvalue weighted by atomic mass is 35.5. The summed E-state index contributed by atoms with van der Waals surface area (Å²) >= 11 is 11.9. The minimum absolute atomic E-state index is 0.0551. The number of rotatable bonds is 2. The van der Waals surface area contributed by atoms with Crippen LogP contribution in [0.3, 0.4) is 0 Å². The molecule has 0 aromatic heterocycles. The summed E-state index contributed by atoms with van der Waals surface area (Å²) in [6, 6.07) is 9.83. The van der Waals surface area contributed by atoms with Gasteiger partial charge < -0.3 is 15.0 Å². The Morgan fingerprint density at radius 3 is 2.62 bits per heavy atom. The smallest absolute Gasteiger partial charge is 0.257 e. The van der Waals surface area contributed by atoms with Gasteiger partial charge >= 0.3 is 0 Å². The van der Waals surface area contributed by atoms with Gasteiger partial charge in [-0.3, -0.25) is 9.59 Å². The van der Waals surface area contributed by atoms with Crippen molar-refractivity contribution in [3.05, 3.63) is 52.0 Å². The minimum atomic E-state index is -0.631. The molecule has 1 aliphatic rings. The number of hydrogen-bond donors (Lipinski definition) is 1. The second-order valence-electron chi connectivity index (χ2n) is 6.80. The van der Waals surface area contributed by atoms with Crippen LogP contribution in [0.5, 0.6) is 5.75 Å². The number of halogens is 2. The Kier molecular flexibility index (Phi) is 4.86. The lowest BCUT2D eigenvalue weighted by Crippen LogP contribution is -2.39. The van der Waals surface area contributed by atoms with Gasteiger partial charge in [0, 0.05) is 17.8 Å². The van der Waals surface area contributed by atoms with Crippen LogP contribution in [0.2, 0.25) is 10.0 Å². The molecule has 1 N–H and O–H groups in total. The number of amides is 2. The number of ether oxygens (including phenoxy) is 1. The number of hydrogen-bond acceptors (Lipinski definition) is 3. The molecule has 2 aromatic rings. The van der Waals surface area contributed by atoms with Crippen LogP contribution >= 0.6 is 23.2 Å². The van der Waals surface area contributed by atoms with Gasteiger partial charge in [-0.25, -0.2) is 0 Å². The molecule has 0 radical (unpaired) electrons. The maximum absolute atomic E-state index is 12.6. The molecule has 7 heteroatoms. The van der Waals surface area contributed by atoms with Crippen molar-refractivity contribution in [2.45, 2.75) is 13.8 Å². The monoisotopic (exact) mass is 392 g/mol. The Balaban J connectivity index is 1.89. The first-order valence-electron chi connectivity index (χ1n) is 8.00. The van der Waals surface area contributed by atoms with E-state index in [0.29, 0.717) is 27.7 Å². The van der Waals surface area contributed by atoms with E-state index in [0.717, 1.165) is 0 Å². The number of benzene rings is 2. The third kappa shape index (κ3) is 3.50. The highest BCUT2D eigenvalue weighted by molar-refractivity contribution is 6.37. The molecule has 2 amide bonds. The molecule has 0 saturated heterocycles. The van der Waals surface area contributed by atoms with E-state index in [9.17, 15) is 9.59 Å². The molecule has 2 aromatic carbocycles. The molecule has 3 rings (SSSR count). The topological polar surface area (TPSA) is 58.6 Å². The number of carbonyl (C=O) groups excluding carboxylic acids is 2. The van der Waals surface area contributed by atoms with E-state index in [1.807, 2.05) is 13.8 Å². The molecule has 0 saturated carbocycles. The maximum Gasteiger partial charge on any atom is 0.257 e. The van der Waals surface area contributed by atoms with Crippen LogP contribution in [-0.4, -0.2) is 25.5 Å². The molecule has 0 spiro atoms. The summed E-state index contributed by atoms with van der Waals surface area (Å²) in [7, 11) is 1.69. The summed E-state index contributed by atoms with van der Waals surface area (Å²) < 4.78 is 5.77. The molecule has 0 fully saturated rings. The number of nitrogens with zero attached hydrogens (tertiary/aromatic N) is 1. The van der Waals surface area contributed by atoms with Crippen molar-refractivity contribution in [1.82, 2.24) is 0 Å². The van der Waals surface area contributed by atoms with Crippen molar-refractivity contribution in [1.29, 1.82) is 0 Å². The van der Waals surface area contributed by atoms with E-state index < -0.39 is 5.41 Å². The van der Waals surface area contributed by atoms with E-state index in [4.69, 9.17) is 27.9 Å². The summed E-state index contributed by atoms with van der Waals surface area (Å²) in [5, 5.41) is 3.51. The van der Waals surface area contributed by atoms with E-state index in [2.05, 4.69) is 5.32 Å². The molecule has 5 nitrogen and oxygen atoms in total. The van der Waals surface area contributed by atoms with Crippen molar-refractivity contribution in [3.63, 3.8) is 0 Å². The Bertz CT molecular complexity index is 896. The third-order valence-corrected chi connectivity index (χ3v) is 4.77. The van der Waals surface area contributed by atoms with Gasteiger partial charge in [-0.15, -0.1) is 0 Å². The van der Waals surface area contributed by atoms with Gasteiger partial charge in [0.05, 0.1) is 21.7 Å². The van der Waals surface area contributed by atoms with Gasteiger partial charge in [-0.2, -0.15) is 0 Å². The lowest BCUT2D eigenvalue weighted by molar-refractivity contribution is -0.127. The third-order valence-electron chi connectivity index (χ3n) is 4.23. The molecule has 1 heterocycles. The van der Waals surface area contributed by atoms with Crippen molar-refractivity contribution >= 4 is 46.4 Å². The SMILES string of the molecule is CN1C(=O)C(C)(C)COc2ccc(NC(=O)c3ccc(Cl)cc3Cl)cc21. The van der Waals surface area contributed by atoms with Gasteiger partial charge in [-0.05, 0) is 50.2 Å². The van der Waals surface area contributed by atoms with Crippen molar-refractivity contribution < 1.29 is 14.3 Å². The lowest BCUT2D eigenvalue weighted by Gasteiger charge is -2.24. The Morgan fingerprint density at radius 2 is 1.92 bits per heavy atom. The fraction of sp³-hybridized carbons (Fsp3) is 0.263. The number of nitrogens with one attached hydrogen (secondary N) is 1. The first kappa shape index (κ1) is 18.5. The van der Waals surface area contributed by atoms with Gasteiger partial charge in [-0.1, -0.05) is 23.2 Å². The quantitative estimate of drug-likeness (QED) is 0.810. The Labute approximate surface area is 161 Å². The maximum atomic E-state index is 12.6. The van der Waals surface area contributed by atoms with Gasteiger partial charge in [0.1, 0.15) is 12.4 Å². The average molecular weight is 393 g/mol. The Morgan fingerprint density at radius 1 is 1.19 bits per heavy atom. The van der Waals surface area contributed by atoms with Crippen molar-refractivity contribution in [3.8, 4) is 5.75 Å². The summed E-state index contributed by atoms with van der Waals surface area (Å²) in [6.07, 6.45) is 0. The van der Waals surface area contributed by atoms with Crippen LogP contribution in [0.15, 0.2) is 36.4 Å². The zero-order valence-corrected chi connectivity index (χ0v) is 16.1. The van der Waals surface area contributed by atoms with Crippen LogP contribution in [0, 0.1) is 5.41 Å². The van der Waals surface area contributed by atoms with Crippen molar-refractivity contribution in [2.75, 3.05) is 23.9 Å². The lowest BCUT2D eigenvalue weighted by atomic mass is 9.93. The average Bonchev–Trinajstić information content (AvgIpc) is 2.66. The zero-order chi connectivity index (χ0) is 19.1. The zero-order valence-electron chi connectivity index (χ0n) is 14.6. The molecule has 1 aliphatic heterocycles. The van der Waals surface area contributed by atoms with E-state index in [1.165, 1.54) is 6.07 Å². The molecular weight excluding hydrogens is 375 g/mol. The summed E-state index contributed by atoms with van der Waals surface area (Å²) in [4.78, 5) is 26.6. The van der Waals surface area contributed by atoms with E-state index in [1.54, 1.807) is 42.3 Å². The van der Waals surface area contributed by atoms with Gasteiger partial charge in [0.2, 0.25) is 5.91 Å². The largest absolute Gasteiger partial charge is 0.490 e. The second-order valence-corrected chi connectivity index (χ2v) is 7.64. The summed E-state index contributed by atoms with van der Waals surface area (Å²) in [5.74, 6) is 0.171. The number of anilines is 2. The van der Waals surface area contributed by atoms with E-state index in [-0.39, 0.29) is 23.4 Å². The first-order valence-corrected chi connectivity index (χ1v) is 8.76. The first-order chi connectivity index (χ1) is 12.2. The highest BCUT2D eigenvalue weighted by Crippen LogP contribution is 2.37. The van der Waals surface area contributed by atoms with Crippen molar-refractivity contribution in [2.24, 2.45) is 5.41 Å². The van der Waals surface area contributed by atoms with Crippen LogP contribution in [-0.2, 0) is 4.79 Å². The normalized spacial score (nSPS) is 15.7. The molecule has 26 heavy (non-hydrogen) atoms. The fourth-order valence-corrected chi connectivity index (χ4v) is 3.23. The molecule has 0 bridgehead atoms. The standard InChI is InChI=1S/C19H18Cl2N2O3/c1-19(2)10-26-16-7-5-12(9-15(16)23(3)18(19)25)22-17(24)13-6-4-11(20)8-14(13)21/h4-9H,10H2,1-3H3,(H,22,24). The molecule has 0 atom stereocenters. The fourth-order valence-electron chi connectivity index (χ4n) is 2.73. The van der Waals surface area contributed by atoms with Crippen LogP contribution in [0.1, 0.15) is 24.2 Å². The molecule has 136 valence electrons. The van der Waals surface area contributed by atoms with Crippen LogP contribution in [0.4, 0.5) is 11.4 Å². The highest BCUT2D eigenvalue weighted by Gasteiger charge is 2.36.